The number of hydrogen-bond donors (Lipinski definition) is 1. The van der Waals surface area contributed by atoms with Gasteiger partial charge in [0.1, 0.15) is 11.2 Å². The molecule has 0 bridgehead atoms. The molecule has 0 radical (unpaired) electrons. The van der Waals surface area contributed by atoms with Gasteiger partial charge in [0.05, 0.1) is 23.2 Å². The van der Waals surface area contributed by atoms with E-state index in [0.717, 1.165) is 77.0 Å². The number of likely N-dealkylation sites (N-methyl/N-ethyl adjacent to an activating group) is 1. The Morgan fingerprint density at radius 3 is 2.81 bits per heavy atom. The van der Waals surface area contributed by atoms with Gasteiger partial charge in [0.15, 0.2) is 0 Å². The monoisotopic (exact) mass is 476 g/mol. The lowest BCUT2D eigenvalue weighted by atomic mass is 9.94. The lowest BCUT2D eigenvalue weighted by molar-refractivity contribution is 0.370. The van der Waals surface area contributed by atoms with E-state index in [-0.39, 0.29) is 5.92 Å². The lowest BCUT2D eigenvalue weighted by Crippen LogP contribution is -2.20. The predicted octanol–water partition coefficient (Wildman–Crippen LogP) is 6.02. The third-order valence-electron chi connectivity index (χ3n) is 7.19. The number of aromatic amines is 1. The minimum Gasteiger partial charge on any atom is -0.309 e. The van der Waals surface area contributed by atoms with Crippen molar-refractivity contribution in [2.24, 2.45) is 0 Å². The molecule has 0 aliphatic heterocycles. The van der Waals surface area contributed by atoms with Crippen molar-refractivity contribution < 1.29 is 0 Å². The minimum absolute atomic E-state index is 0.0276. The standard InChI is InChI=1S/C30H32N6/c1-5-8-22(18-36(3)4)26-14-12-21(17-32-26)29-30-27(34-35-29)15-19(6-2)28(33-30)25-10-7-9-23-20(16-31)11-13-24(23)25/h5,7,9-10,12,14-15,17,20,22H,1,6,8,11,13,18H2,2-4H3,(H,34,35). The van der Waals surface area contributed by atoms with Crippen LogP contribution in [0.1, 0.15) is 54.0 Å². The fourth-order valence-electron chi connectivity index (χ4n) is 5.42. The summed E-state index contributed by atoms with van der Waals surface area (Å²) in [6.45, 7) is 6.99. The Morgan fingerprint density at radius 1 is 1.25 bits per heavy atom. The molecule has 36 heavy (non-hydrogen) atoms. The second kappa shape index (κ2) is 10.0. The Hall–Kier alpha value is -3.82. The van der Waals surface area contributed by atoms with Gasteiger partial charge < -0.3 is 4.90 Å². The molecule has 2 atom stereocenters. The molecule has 6 nitrogen and oxygen atoms in total. The van der Waals surface area contributed by atoms with Crippen LogP contribution in [-0.4, -0.2) is 45.7 Å². The Labute approximate surface area is 212 Å². The van der Waals surface area contributed by atoms with Crippen molar-refractivity contribution in [3.05, 3.63) is 77.6 Å². The van der Waals surface area contributed by atoms with Crippen molar-refractivity contribution in [2.45, 2.75) is 44.4 Å². The first kappa shape index (κ1) is 23.9. The molecule has 3 aromatic heterocycles. The van der Waals surface area contributed by atoms with E-state index in [4.69, 9.17) is 9.97 Å². The molecule has 0 saturated carbocycles. The molecule has 182 valence electrons. The number of benzene rings is 1. The quantitative estimate of drug-likeness (QED) is 0.314. The van der Waals surface area contributed by atoms with E-state index >= 15 is 0 Å². The van der Waals surface area contributed by atoms with E-state index in [0.29, 0.717) is 5.92 Å². The van der Waals surface area contributed by atoms with Gasteiger partial charge in [-0.25, -0.2) is 4.98 Å². The van der Waals surface area contributed by atoms with Crippen LogP contribution in [0.5, 0.6) is 0 Å². The van der Waals surface area contributed by atoms with Gasteiger partial charge in [-0.2, -0.15) is 10.4 Å². The van der Waals surface area contributed by atoms with Gasteiger partial charge in [0.2, 0.25) is 0 Å². The van der Waals surface area contributed by atoms with Gasteiger partial charge in [-0.3, -0.25) is 10.1 Å². The Balaban J connectivity index is 1.57. The van der Waals surface area contributed by atoms with Crippen LogP contribution in [0.15, 0.2) is 55.3 Å². The number of H-pyrrole nitrogens is 1. The molecule has 0 amide bonds. The van der Waals surface area contributed by atoms with Crippen LogP contribution in [0.3, 0.4) is 0 Å². The molecule has 1 aliphatic rings. The molecular weight excluding hydrogens is 444 g/mol. The molecule has 1 aliphatic carbocycles. The smallest absolute Gasteiger partial charge is 0.120 e. The molecule has 0 spiro atoms. The fourth-order valence-corrected chi connectivity index (χ4v) is 5.42. The van der Waals surface area contributed by atoms with Gasteiger partial charge in [0, 0.05) is 35.5 Å². The Kier molecular flexibility index (Phi) is 6.67. The normalized spacial score (nSPS) is 15.7. The molecule has 1 aromatic carbocycles. The molecule has 6 heteroatoms. The zero-order chi connectivity index (χ0) is 25.2. The third kappa shape index (κ3) is 4.31. The van der Waals surface area contributed by atoms with Crippen molar-refractivity contribution in [3.63, 3.8) is 0 Å². The number of allylic oxidation sites excluding steroid dienone is 1. The molecule has 3 heterocycles. The number of nitrogens with one attached hydrogen (secondary N) is 1. The highest BCUT2D eigenvalue weighted by Crippen LogP contribution is 2.40. The number of aryl methyl sites for hydroxylation is 1. The van der Waals surface area contributed by atoms with Gasteiger partial charge >= 0.3 is 0 Å². The van der Waals surface area contributed by atoms with E-state index in [9.17, 15) is 5.26 Å². The minimum atomic E-state index is -0.0276. The SMILES string of the molecule is C=CCC(CN(C)C)c1ccc(-c2n[nH]c3cc(CC)c(-c4cccc5c4CCC5C#N)nc23)cn1. The number of rotatable bonds is 8. The highest BCUT2D eigenvalue weighted by Gasteiger charge is 2.26. The number of nitrogens with zero attached hydrogens (tertiary/aromatic N) is 5. The van der Waals surface area contributed by atoms with Crippen LogP contribution in [0.2, 0.25) is 0 Å². The summed E-state index contributed by atoms with van der Waals surface area (Å²) in [5, 5.41) is 17.4. The molecule has 0 fully saturated rings. The van der Waals surface area contributed by atoms with Crippen molar-refractivity contribution in [1.29, 1.82) is 5.26 Å². The van der Waals surface area contributed by atoms with Crippen LogP contribution in [-0.2, 0) is 12.8 Å². The number of nitriles is 1. The van der Waals surface area contributed by atoms with Gasteiger partial charge in [-0.15, -0.1) is 6.58 Å². The number of pyridine rings is 2. The zero-order valence-corrected chi connectivity index (χ0v) is 21.3. The highest BCUT2D eigenvalue weighted by molar-refractivity contribution is 5.92. The van der Waals surface area contributed by atoms with Crippen molar-refractivity contribution in [1.82, 2.24) is 25.1 Å². The summed E-state index contributed by atoms with van der Waals surface area (Å²) < 4.78 is 0. The zero-order valence-electron chi connectivity index (χ0n) is 21.3. The number of fused-ring (bicyclic) bond motifs is 2. The van der Waals surface area contributed by atoms with Crippen molar-refractivity contribution in [3.8, 4) is 28.6 Å². The summed E-state index contributed by atoms with van der Waals surface area (Å²) in [6, 6.07) is 15.1. The maximum Gasteiger partial charge on any atom is 0.120 e. The lowest BCUT2D eigenvalue weighted by Gasteiger charge is -2.19. The van der Waals surface area contributed by atoms with E-state index in [1.807, 2.05) is 12.3 Å². The third-order valence-corrected chi connectivity index (χ3v) is 7.19. The second-order valence-electron chi connectivity index (χ2n) is 9.87. The fraction of sp³-hybridized carbons (Fsp3) is 0.333. The summed E-state index contributed by atoms with van der Waals surface area (Å²) in [7, 11) is 4.16. The Bertz CT molecular complexity index is 1440. The van der Waals surface area contributed by atoms with Crippen molar-refractivity contribution in [2.75, 3.05) is 20.6 Å². The average molecular weight is 477 g/mol. The van der Waals surface area contributed by atoms with Crippen LogP contribution in [0.25, 0.3) is 33.5 Å². The predicted molar refractivity (Wildman–Crippen MR) is 145 cm³/mol. The number of hydrogen-bond acceptors (Lipinski definition) is 5. The maximum atomic E-state index is 9.59. The van der Waals surface area contributed by atoms with Gasteiger partial charge in [-0.05, 0) is 74.7 Å². The topological polar surface area (TPSA) is 81.5 Å². The maximum absolute atomic E-state index is 9.59. The summed E-state index contributed by atoms with van der Waals surface area (Å²) in [4.78, 5) is 12.2. The Morgan fingerprint density at radius 2 is 2.11 bits per heavy atom. The van der Waals surface area contributed by atoms with Gasteiger partial charge in [-0.1, -0.05) is 31.2 Å². The second-order valence-corrected chi connectivity index (χ2v) is 9.87. The first-order valence-corrected chi connectivity index (χ1v) is 12.7. The van der Waals surface area contributed by atoms with Gasteiger partial charge in [0.25, 0.3) is 0 Å². The van der Waals surface area contributed by atoms with E-state index in [1.54, 1.807) is 0 Å². The first-order valence-electron chi connectivity index (χ1n) is 12.7. The summed E-state index contributed by atoms with van der Waals surface area (Å²) >= 11 is 0. The molecule has 1 N–H and O–H groups in total. The van der Waals surface area contributed by atoms with Crippen LogP contribution in [0, 0.1) is 11.3 Å². The molecule has 5 rings (SSSR count). The molecule has 2 unspecified atom stereocenters. The van der Waals surface area contributed by atoms with E-state index in [1.165, 1.54) is 11.1 Å². The average Bonchev–Trinajstić information content (AvgIpc) is 3.51. The van der Waals surface area contributed by atoms with Crippen LogP contribution < -0.4 is 0 Å². The largest absolute Gasteiger partial charge is 0.309 e. The summed E-state index contributed by atoms with van der Waals surface area (Å²) in [5.74, 6) is 0.275. The molecule has 4 aromatic rings. The molecular formula is C30H32N6. The first-order chi connectivity index (χ1) is 17.5. The van der Waals surface area contributed by atoms with E-state index in [2.05, 4.69) is 85.2 Å². The molecule has 0 saturated heterocycles. The summed E-state index contributed by atoms with van der Waals surface area (Å²) in [6.07, 6.45) is 7.40. The van der Waals surface area contributed by atoms with E-state index < -0.39 is 0 Å². The number of aromatic nitrogens is 4. The van der Waals surface area contributed by atoms with Crippen LogP contribution >= 0.6 is 0 Å². The van der Waals surface area contributed by atoms with Crippen LogP contribution in [0.4, 0.5) is 0 Å². The van der Waals surface area contributed by atoms with Crippen molar-refractivity contribution >= 4 is 11.0 Å². The summed E-state index contributed by atoms with van der Waals surface area (Å²) in [5.41, 5.74) is 10.3. The highest BCUT2D eigenvalue weighted by atomic mass is 15.1.